The Morgan fingerprint density at radius 3 is 2.63 bits per heavy atom. The third kappa shape index (κ3) is 6.02. The molecular formula is C12H18NO5S-. The van der Waals surface area contributed by atoms with Crippen LogP contribution < -0.4 is 14.8 Å². The van der Waals surface area contributed by atoms with Crippen molar-refractivity contribution in [1.82, 2.24) is 5.32 Å². The van der Waals surface area contributed by atoms with Crippen LogP contribution in [0.5, 0.6) is 11.5 Å². The number of hydrogen-bond acceptors (Lipinski definition) is 6. The molecule has 0 aliphatic heterocycles. The quantitative estimate of drug-likeness (QED) is 0.539. The molecule has 1 aromatic rings. The molecular weight excluding hydrogens is 270 g/mol. The Hall–Kier alpha value is -1.15. The molecule has 0 heterocycles. The van der Waals surface area contributed by atoms with E-state index in [1.807, 2.05) is 18.2 Å². The Morgan fingerprint density at radius 1 is 1.26 bits per heavy atom. The maximum absolute atomic E-state index is 10.1. The van der Waals surface area contributed by atoms with Gasteiger partial charge in [0.15, 0.2) is 11.5 Å². The summed E-state index contributed by atoms with van der Waals surface area (Å²) in [6.45, 7) is 1.53. The van der Waals surface area contributed by atoms with Gasteiger partial charge in [-0.3, -0.25) is 0 Å². The zero-order valence-electron chi connectivity index (χ0n) is 11.0. The lowest BCUT2D eigenvalue weighted by atomic mass is 10.2. The average Bonchev–Trinajstić information content (AvgIpc) is 2.42. The van der Waals surface area contributed by atoms with Crippen LogP contribution in [-0.4, -0.2) is 36.1 Å². The van der Waals surface area contributed by atoms with Crippen molar-refractivity contribution < 1.29 is 22.4 Å². The van der Waals surface area contributed by atoms with Crippen LogP contribution in [0, 0.1) is 0 Å². The Morgan fingerprint density at radius 2 is 2.00 bits per heavy atom. The highest BCUT2D eigenvalue weighted by Crippen LogP contribution is 2.27. The first kappa shape index (κ1) is 15.9. The predicted molar refractivity (Wildman–Crippen MR) is 70.7 cm³/mol. The molecule has 0 spiro atoms. The van der Waals surface area contributed by atoms with Gasteiger partial charge in [-0.1, -0.05) is 6.07 Å². The molecule has 0 amide bonds. The monoisotopic (exact) mass is 288 g/mol. The largest absolute Gasteiger partial charge is 0.750 e. The van der Waals surface area contributed by atoms with E-state index in [1.165, 1.54) is 0 Å². The van der Waals surface area contributed by atoms with Crippen molar-refractivity contribution in [3.05, 3.63) is 23.8 Å². The fraction of sp³-hybridized carbons (Fsp3) is 0.500. The van der Waals surface area contributed by atoms with Crippen LogP contribution in [0.3, 0.4) is 0 Å². The van der Waals surface area contributed by atoms with E-state index in [4.69, 9.17) is 9.47 Å². The molecule has 1 atom stereocenters. The smallest absolute Gasteiger partial charge is 0.161 e. The zero-order chi connectivity index (χ0) is 14.1. The summed E-state index contributed by atoms with van der Waals surface area (Å²) in [5, 5.41) is 3.19. The molecule has 1 N–H and O–H groups in total. The second kappa shape index (κ2) is 8.87. The lowest BCUT2D eigenvalue weighted by Gasteiger charge is -2.10. The first-order valence-electron chi connectivity index (χ1n) is 5.81. The maximum Gasteiger partial charge on any atom is 0.161 e. The molecule has 0 aromatic heterocycles. The van der Waals surface area contributed by atoms with E-state index < -0.39 is 11.4 Å². The summed E-state index contributed by atoms with van der Waals surface area (Å²) in [5.74, 6) is 1.38. The third-order valence-corrected chi connectivity index (χ3v) is 2.81. The standard InChI is InChI=1S/C12H19NO5S/c1-16-11-5-4-10(8-12(11)17-2)9-13-6-3-7-18-19(14)15/h4-5,8,13H,3,6-7,9H2,1-2H3,(H,14,15)/p-1. The molecule has 0 fully saturated rings. The molecule has 6 nitrogen and oxygen atoms in total. The summed E-state index contributed by atoms with van der Waals surface area (Å²) < 4.78 is 35.0. The maximum atomic E-state index is 10.1. The first-order valence-corrected chi connectivity index (χ1v) is 6.81. The predicted octanol–water partition coefficient (Wildman–Crippen LogP) is 0.994. The zero-order valence-corrected chi connectivity index (χ0v) is 11.8. The summed E-state index contributed by atoms with van der Waals surface area (Å²) in [7, 11) is 3.19. The van der Waals surface area contributed by atoms with E-state index in [1.54, 1.807) is 14.2 Å². The van der Waals surface area contributed by atoms with Crippen molar-refractivity contribution in [1.29, 1.82) is 0 Å². The molecule has 108 valence electrons. The van der Waals surface area contributed by atoms with E-state index in [9.17, 15) is 8.76 Å². The molecule has 0 saturated carbocycles. The number of benzene rings is 1. The van der Waals surface area contributed by atoms with E-state index in [0.29, 0.717) is 31.0 Å². The Kier molecular flexibility index (Phi) is 7.42. The van der Waals surface area contributed by atoms with Gasteiger partial charge in [0.25, 0.3) is 0 Å². The normalized spacial score (nSPS) is 12.2. The molecule has 7 heteroatoms. The highest BCUT2D eigenvalue weighted by Gasteiger charge is 2.03. The molecule has 1 unspecified atom stereocenters. The van der Waals surface area contributed by atoms with Gasteiger partial charge in [-0.05, 0) is 30.7 Å². The van der Waals surface area contributed by atoms with Crippen molar-refractivity contribution in [3.8, 4) is 11.5 Å². The lowest BCUT2D eigenvalue weighted by molar-refractivity contribution is 0.293. The van der Waals surface area contributed by atoms with Crippen LogP contribution in [0.2, 0.25) is 0 Å². The first-order chi connectivity index (χ1) is 9.17. The molecule has 0 aliphatic rings. The topological polar surface area (TPSA) is 79.9 Å². The Balaban J connectivity index is 2.31. The SMILES string of the molecule is COc1ccc(CNCCCOS(=O)[O-])cc1OC. The second-order valence-electron chi connectivity index (χ2n) is 3.75. The van der Waals surface area contributed by atoms with E-state index in [0.717, 1.165) is 5.56 Å². The fourth-order valence-electron chi connectivity index (χ4n) is 1.55. The minimum atomic E-state index is -2.42. The summed E-state index contributed by atoms with van der Waals surface area (Å²) in [6, 6.07) is 5.69. The van der Waals surface area contributed by atoms with E-state index in [-0.39, 0.29) is 6.61 Å². The van der Waals surface area contributed by atoms with Crippen LogP contribution in [0.4, 0.5) is 0 Å². The van der Waals surface area contributed by atoms with Crippen LogP contribution in [-0.2, 0) is 22.1 Å². The summed E-state index contributed by atoms with van der Waals surface area (Å²) in [6.07, 6.45) is 0.626. The molecule has 1 aromatic carbocycles. The molecule has 0 radical (unpaired) electrons. The summed E-state index contributed by atoms with van der Waals surface area (Å²) >= 11 is -2.42. The van der Waals surface area contributed by atoms with Gasteiger partial charge in [0.05, 0.1) is 32.2 Å². The van der Waals surface area contributed by atoms with Crippen molar-refractivity contribution in [2.45, 2.75) is 13.0 Å². The fourth-order valence-corrected chi connectivity index (χ4v) is 1.80. The van der Waals surface area contributed by atoms with Crippen LogP contribution in [0.1, 0.15) is 12.0 Å². The van der Waals surface area contributed by atoms with E-state index >= 15 is 0 Å². The molecule has 0 saturated heterocycles. The number of methoxy groups -OCH3 is 2. The average molecular weight is 288 g/mol. The minimum absolute atomic E-state index is 0.190. The van der Waals surface area contributed by atoms with Crippen LogP contribution in [0.25, 0.3) is 0 Å². The molecule has 19 heavy (non-hydrogen) atoms. The molecule has 0 bridgehead atoms. The van der Waals surface area contributed by atoms with Crippen molar-refractivity contribution >= 4 is 11.4 Å². The number of ether oxygens (including phenoxy) is 2. The highest BCUT2D eigenvalue weighted by atomic mass is 32.2. The molecule has 0 aliphatic carbocycles. The molecule has 1 rings (SSSR count). The number of rotatable bonds is 9. The Labute approximate surface area is 115 Å². The summed E-state index contributed by atoms with van der Waals surface area (Å²) in [4.78, 5) is 0. The van der Waals surface area contributed by atoms with Gasteiger partial charge in [0.1, 0.15) is 0 Å². The van der Waals surface area contributed by atoms with Gasteiger partial charge in [0, 0.05) is 6.54 Å². The summed E-state index contributed by atoms with van der Waals surface area (Å²) in [5.41, 5.74) is 1.06. The number of nitrogens with one attached hydrogen (secondary N) is 1. The van der Waals surface area contributed by atoms with Gasteiger partial charge >= 0.3 is 0 Å². The van der Waals surface area contributed by atoms with Crippen LogP contribution >= 0.6 is 0 Å². The van der Waals surface area contributed by atoms with Gasteiger partial charge < -0.3 is 23.5 Å². The van der Waals surface area contributed by atoms with Gasteiger partial charge in [-0.2, -0.15) is 0 Å². The van der Waals surface area contributed by atoms with Gasteiger partial charge in [-0.25, -0.2) is 4.21 Å². The highest BCUT2D eigenvalue weighted by molar-refractivity contribution is 7.74. The third-order valence-electron chi connectivity index (χ3n) is 2.45. The van der Waals surface area contributed by atoms with Crippen LogP contribution in [0.15, 0.2) is 18.2 Å². The lowest BCUT2D eigenvalue weighted by Crippen LogP contribution is -2.16. The van der Waals surface area contributed by atoms with Crippen molar-refractivity contribution in [3.63, 3.8) is 0 Å². The van der Waals surface area contributed by atoms with Crippen molar-refractivity contribution in [2.24, 2.45) is 0 Å². The Bertz CT molecular complexity index is 413. The number of hydrogen-bond donors (Lipinski definition) is 1. The van der Waals surface area contributed by atoms with Gasteiger partial charge in [0.2, 0.25) is 0 Å². The minimum Gasteiger partial charge on any atom is -0.750 e. The van der Waals surface area contributed by atoms with Gasteiger partial charge in [-0.15, -0.1) is 0 Å². The van der Waals surface area contributed by atoms with E-state index in [2.05, 4.69) is 9.50 Å². The van der Waals surface area contributed by atoms with Crippen molar-refractivity contribution in [2.75, 3.05) is 27.4 Å². The second-order valence-corrected chi connectivity index (χ2v) is 4.39.